The van der Waals surface area contributed by atoms with E-state index in [9.17, 15) is 0 Å². The fourth-order valence-electron chi connectivity index (χ4n) is 2.45. The van der Waals surface area contributed by atoms with Gasteiger partial charge < -0.3 is 4.74 Å². The van der Waals surface area contributed by atoms with Crippen molar-refractivity contribution in [2.75, 3.05) is 7.11 Å². The molecule has 0 radical (unpaired) electrons. The number of aryl methyl sites for hydroxylation is 1. The molecular weight excluding hydrogens is 198 g/mol. The minimum atomic E-state index is 0.0282. The zero-order chi connectivity index (χ0) is 11.9. The van der Waals surface area contributed by atoms with Crippen molar-refractivity contribution in [2.45, 2.75) is 39.7 Å². The van der Waals surface area contributed by atoms with Crippen LogP contribution in [0.15, 0.2) is 11.1 Å². The van der Waals surface area contributed by atoms with Crippen molar-refractivity contribution in [2.24, 2.45) is 4.99 Å². The van der Waals surface area contributed by atoms with Crippen molar-refractivity contribution in [3.63, 3.8) is 0 Å². The first-order valence-electron chi connectivity index (χ1n) is 5.67. The molecule has 1 aromatic rings. The molecule has 0 saturated carbocycles. The van der Waals surface area contributed by atoms with Crippen molar-refractivity contribution in [1.29, 1.82) is 0 Å². The number of rotatable bonds is 1. The molecule has 0 aromatic heterocycles. The number of ether oxygens (including phenoxy) is 1. The molecule has 0 aliphatic carbocycles. The van der Waals surface area contributed by atoms with Crippen LogP contribution in [0.3, 0.4) is 0 Å². The molecule has 1 heterocycles. The highest BCUT2D eigenvalue weighted by Gasteiger charge is 2.24. The number of hydrogen-bond donors (Lipinski definition) is 0. The van der Waals surface area contributed by atoms with Crippen LogP contribution in [0.5, 0.6) is 5.75 Å². The second-order valence-corrected chi connectivity index (χ2v) is 5.17. The molecule has 2 nitrogen and oxygen atoms in total. The maximum absolute atomic E-state index is 5.43. The lowest BCUT2D eigenvalue weighted by atomic mass is 9.86. The zero-order valence-corrected chi connectivity index (χ0v) is 10.7. The van der Waals surface area contributed by atoms with Gasteiger partial charge >= 0.3 is 0 Å². The lowest BCUT2D eigenvalue weighted by Gasteiger charge is -2.27. The van der Waals surface area contributed by atoms with Gasteiger partial charge in [0, 0.05) is 17.3 Å². The molecule has 0 atom stereocenters. The number of methoxy groups -OCH3 is 1. The summed E-state index contributed by atoms with van der Waals surface area (Å²) in [6, 6.07) is 2.23. The van der Waals surface area contributed by atoms with Crippen LogP contribution in [0.4, 0.5) is 0 Å². The van der Waals surface area contributed by atoms with E-state index in [0.717, 1.165) is 12.2 Å². The van der Waals surface area contributed by atoms with Gasteiger partial charge in [0.05, 0.1) is 12.6 Å². The van der Waals surface area contributed by atoms with Gasteiger partial charge in [-0.3, -0.25) is 4.99 Å². The molecule has 0 N–H and O–H groups in total. The predicted molar refractivity (Wildman–Crippen MR) is 67.8 cm³/mol. The van der Waals surface area contributed by atoms with E-state index in [0.29, 0.717) is 0 Å². The van der Waals surface area contributed by atoms with E-state index in [-0.39, 0.29) is 5.54 Å². The van der Waals surface area contributed by atoms with Gasteiger partial charge in [-0.05, 0) is 45.2 Å². The van der Waals surface area contributed by atoms with Crippen LogP contribution in [0.1, 0.15) is 36.1 Å². The Hall–Kier alpha value is -1.31. The monoisotopic (exact) mass is 217 g/mol. The fraction of sp³-hybridized carbons (Fsp3) is 0.500. The quantitative estimate of drug-likeness (QED) is 0.708. The molecule has 0 spiro atoms. The summed E-state index contributed by atoms with van der Waals surface area (Å²) < 4.78 is 5.43. The highest BCUT2D eigenvalue weighted by molar-refractivity contribution is 5.87. The first-order chi connectivity index (χ1) is 7.44. The minimum absolute atomic E-state index is 0.0282. The van der Waals surface area contributed by atoms with Crippen molar-refractivity contribution in [1.82, 2.24) is 0 Å². The van der Waals surface area contributed by atoms with Gasteiger partial charge in [-0.25, -0.2) is 0 Å². The molecule has 16 heavy (non-hydrogen) atoms. The van der Waals surface area contributed by atoms with E-state index in [2.05, 4.69) is 38.8 Å². The van der Waals surface area contributed by atoms with E-state index in [1.807, 2.05) is 6.21 Å². The van der Waals surface area contributed by atoms with E-state index in [1.54, 1.807) is 7.11 Å². The molecule has 2 heteroatoms. The molecular formula is C14H19NO. The molecule has 2 rings (SSSR count). The van der Waals surface area contributed by atoms with Crippen molar-refractivity contribution < 1.29 is 4.74 Å². The number of hydrogen-bond acceptors (Lipinski definition) is 2. The summed E-state index contributed by atoms with van der Waals surface area (Å²) in [5.74, 6) is 0.991. The standard InChI is InChI=1S/C14H19NO/c1-9-6-11-7-14(3,4)15-8-12(11)10(2)13(9)16-5/h6,8H,7H2,1-5H3. The average Bonchev–Trinajstić information content (AvgIpc) is 2.16. The summed E-state index contributed by atoms with van der Waals surface area (Å²) in [4.78, 5) is 4.59. The smallest absolute Gasteiger partial charge is 0.125 e. The van der Waals surface area contributed by atoms with Crippen LogP contribution in [-0.4, -0.2) is 18.9 Å². The Labute approximate surface area is 97.4 Å². The van der Waals surface area contributed by atoms with Crippen LogP contribution in [0.25, 0.3) is 0 Å². The number of benzene rings is 1. The number of nitrogens with zero attached hydrogens (tertiary/aromatic N) is 1. The Kier molecular flexibility index (Phi) is 2.53. The first kappa shape index (κ1) is 11.2. The van der Waals surface area contributed by atoms with Gasteiger partial charge in [-0.15, -0.1) is 0 Å². The summed E-state index contributed by atoms with van der Waals surface area (Å²) in [5, 5.41) is 0. The summed E-state index contributed by atoms with van der Waals surface area (Å²) in [6.45, 7) is 8.54. The number of fused-ring (bicyclic) bond motifs is 1. The first-order valence-corrected chi connectivity index (χ1v) is 5.67. The maximum atomic E-state index is 5.43. The average molecular weight is 217 g/mol. The Morgan fingerprint density at radius 2 is 2.00 bits per heavy atom. The molecule has 0 unspecified atom stereocenters. The van der Waals surface area contributed by atoms with E-state index in [4.69, 9.17) is 4.74 Å². The van der Waals surface area contributed by atoms with Gasteiger partial charge in [0.2, 0.25) is 0 Å². The topological polar surface area (TPSA) is 21.6 Å². The largest absolute Gasteiger partial charge is 0.496 e. The van der Waals surface area contributed by atoms with Crippen LogP contribution >= 0.6 is 0 Å². The van der Waals surface area contributed by atoms with Gasteiger partial charge in [0.15, 0.2) is 0 Å². The second-order valence-electron chi connectivity index (χ2n) is 5.17. The maximum Gasteiger partial charge on any atom is 0.125 e. The molecule has 86 valence electrons. The minimum Gasteiger partial charge on any atom is -0.496 e. The Morgan fingerprint density at radius 3 is 2.62 bits per heavy atom. The van der Waals surface area contributed by atoms with Crippen LogP contribution in [-0.2, 0) is 6.42 Å². The van der Waals surface area contributed by atoms with Crippen LogP contribution < -0.4 is 4.74 Å². The second kappa shape index (κ2) is 3.62. The van der Waals surface area contributed by atoms with Crippen LogP contribution in [0.2, 0.25) is 0 Å². The molecule has 0 fully saturated rings. The van der Waals surface area contributed by atoms with E-state index >= 15 is 0 Å². The normalized spacial score (nSPS) is 17.1. The molecule has 0 saturated heterocycles. The van der Waals surface area contributed by atoms with E-state index in [1.165, 1.54) is 22.3 Å². The summed E-state index contributed by atoms with van der Waals surface area (Å²) in [7, 11) is 1.73. The summed E-state index contributed by atoms with van der Waals surface area (Å²) in [5.41, 5.74) is 5.07. The van der Waals surface area contributed by atoms with Gasteiger partial charge in [0.25, 0.3) is 0 Å². The van der Waals surface area contributed by atoms with Crippen molar-refractivity contribution in [3.05, 3.63) is 28.3 Å². The Balaban J connectivity index is 2.61. The highest BCUT2D eigenvalue weighted by Crippen LogP contribution is 2.33. The molecule has 0 amide bonds. The van der Waals surface area contributed by atoms with Gasteiger partial charge in [-0.1, -0.05) is 6.07 Å². The molecule has 1 aliphatic rings. The Morgan fingerprint density at radius 1 is 1.31 bits per heavy atom. The van der Waals surface area contributed by atoms with Crippen molar-refractivity contribution in [3.8, 4) is 5.75 Å². The molecule has 1 aromatic carbocycles. The zero-order valence-electron chi connectivity index (χ0n) is 10.7. The van der Waals surface area contributed by atoms with E-state index < -0.39 is 0 Å². The highest BCUT2D eigenvalue weighted by atomic mass is 16.5. The third-order valence-electron chi connectivity index (χ3n) is 3.21. The van der Waals surface area contributed by atoms with Crippen molar-refractivity contribution >= 4 is 6.21 Å². The van der Waals surface area contributed by atoms with Gasteiger partial charge in [0.1, 0.15) is 5.75 Å². The lowest BCUT2D eigenvalue weighted by Crippen LogP contribution is -2.25. The predicted octanol–water partition coefficient (Wildman–Crippen LogP) is 3.07. The SMILES string of the molecule is COc1c(C)cc2c(c1C)C=NC(C)(C)C2. The number of aliphatic imine (C=N–C) groups is 1. The lowest BCUT2D eigenvalue weighted by molar-refractivity contribution is 0.407. The molecule has 0 bridgehead atoms. The third kappa shape index (κ3) is 1.73. The summed E-state index contributed by atoms with van der Waals surface area (Å²) in [6.07, 6.45) is 3.00. The van der Waals surface area contributed by atoms with Gasteiger partial charge in [-0.2, -0.15) is 0 Å². The van der Waals surface area contributed by atoms with Crippen LogP contribution in [0, 0.1) is 13.8 Å². The fourth-order valence-corrected chi connectivity index (χ4v) is 2.45. The molecule has 1 aliphatic heterocycles. The summed E-state index contributed by atoms with van der Waals surface area (Å²) >= 11 is 0. The third-order valence-corrected chi connectivity index (χ3v) is 3.21. The Bertz CT molecular complexity index is 458.